The summed E-state index contributed by atoms with van der Waals surface area (Å²) in [5.41, 5.74) is 1.01. The van der Waals surface area contributed by atoms with E-state index in [-0.39, 0.29) is 6.61 Å². The third-order valence-electron chi connectivity index (χ3n) is 3.97. The maximum Gasteiger partial charge on any atom is 0.128 e. The Kier molecular flexibility index (Phi) is 4.99. The van der Waals surface area contributed by atoms with E-state index in [1.165, 1.54) is 0 Å². The summed E-state index contributed by atoms with van der Waals surface area (Å²) in [4.78, 5) is 0. The Bertz CT molecular complexity index is 434. The molecule has 20 heavy (non-hydrogen) atoms. The van der Waals surface area contributed by atoms with Crippen LogP contribution in [0.2, 0.25) is 0 Å². The maximum atomic E-state index is 10.0. The smallest absolute Gasteiger partial charge is 0.128 e. The maximum absolute atomic E-state index is 10.0. The van der Waals surface area contributed by atoms with E-state index in [0.717, 1.165) is 12.0 Å². The number of aryl methyl sites for hydroxylation is 1. The normalized spacial score (nSPS) is 34.0. The zero-order valence-corrected chi connectivity index (χ0v) is 11.5. The minimum absolute atomic E-state index is 0.250. The Morgan fingerprint density at radius 2 is 1.80 bits per heavy atom. The lowest BCUT2D eigenvalue weighted by Crippen LogP contribution is -2.56. The van der Waals surface area contributed by atoms with Crippen LogP contribution in [-0.4, -0.2) is 51.4 Å². The first-order valence-corrected chi connectivity index (χ1v) is 6.98. The van der Waals surface area contributed by atoms with E-state index in [4.69, 9.17) is 4.74 Å². The molecule has 5 heteroatoms. The second kappa shape index (κ2) is 6.54. The molecule has 0 unspecified atom stereocenters. The molecular weight excluding hydrogens is 260 g/mol. The van der Waals surface area contributed by atoms with Gasteiger partial charge in [0, 0.05) is 12.5 Å². The molecule has 0 aromatic heterocycles. The van der Waals surface area contributed by atoms with Gasteiger partial charge in [-0.15, -0.1) is 0 Å². The van der Waals surface area contributed by atoms with E-state index in [1.807, 2.05) is 31.2 Å². The van der Waals surface area contributed by atoms with Crippen molar-refractivity contribution in [3.05, 3.63) is 29.8 Å². The lowest BCUT2D eigenvalue weighted by molar-refractivity contribution is -0.157. The van der Waals surface area contributed by atoms with Crippen molar-refractivity contribution >= 4 is 0 Å². The number of para-hydroxylation sites is 1. The molecule has 4 N–H and O–H groups in total. The van der Waals surface area contributed by atoms with Crippen LogP contribution in [0.15, 0.2) is 24.3 Å². The predicted molar refractivity (Wildman–Crippen MR) is 73.4 cm³/mol. The number of aliphatic hydroxyl groups excluding tert-OH is 4. The van der Waals surface area contributed by atoms with E-state index in [9.17, 15) is 20.4 Å². The molecule has 1 aliphatic carbocycles. The number of hydrogen-bond acceptors (Lipinski definition) is 5. The molecular formula is C15H22O5. The molecule has 0 saturated heterocycles. The predicted octanol–water partition coefficient (Wildman–Crippen LogP) is 0.0913. The minimum atomic E-state index is -1.31. The van der Waals surface area contributed by atoms with E-state index < -0.39 is 30.3 Å². The standard InChI is InChI=1S/C15H22O5/c1-2-9-5-3-4-6-11(9)20-12-7-10(8-16)13(17)15(19)14(12)18/h3-6,10,12-19H,2,7-8H2,1H3/t10-,12-,13-,14+,15+/m1/s1. The number of benzene rings is 1. The molecule has 1 aromatic carbocycles. The van der Waals surface area contributed by atoms with Gasteiger partial charge in [0.25, 0.3) is 0 Å². The summed E-state index contributed by atoms with van der Waals surface area (Å²) in [6.07, 6.45) is -3.14. The van der Waals surface area contributed by atoms with Gasteiger partial charge in [-0.2, -0.15) is 0 Å². The van der Waals surface area contributed by atoms with Gasteiger partial charge in [0.2, 0.25) is 0 Å². The number of rotatable bonds is 4. The molecule has 0 amide bonds. The minimum Gasteiger partial charge on any atom is -0.487 e. The van der Waals surface area contributed by atoms with Gasteiger partial charge in [0.1, 0.15) is 24.1 Å². The van der Waals surface area contributed by atoms with Gasteiger partial charge >= 0.3 is 0 Å². The zero-order valence-electron chi connectivity index (χ0n) is 11.5. The first kappa shape index (κ1) is 15.3. The van der Waals surface area contributed by atoms with E-state index >= 15 is 0 Å². The summed E-state index contributed by atoms with van der Waals surface area (Å²) >= 11 is 0. The van der Waals surface area contributed by atoms with Gasteiger partial charge in [-0.3, -0.25) is 0 Å². The highest BCUT2D eigenvalue weighted by atomic mass is 16.5. The summed E-state index contributed by atoms with van der Waals surface area (Å²) < 4.78 is 5.81. The van der Waals surface area contributed by atoms with Crippen LogP contribution in [0.3, 0.4) is 0 Å². The van der Waals surface area contributed by atoms with Crippen molar-refractivity contribution in [1.29, 1.82) is 0 Å². The van der Waals surface area contributed by atoms with Crippen molar-refractivity contribution in [2.75, 3.05) is 6.61 Å². The molecule has 112 valence electrons. The Labute approximate surface area is 118 Å². The highest BCUT2D eigenvalue weighted by Gasteiger charge is 2.43. The van der Waals surface area contributed by atoms with Crippen LogP contribution in [0.5, 0.6) is 5.75 Å². The molecule has 1 fully saturated rings. The van der Waals surface area contributed by atoms with Gasteiger partial charge in [0.05, 0.1) is 6.10 Å². The highest BCUT2D eigenvalue weighted by molar-refractivity contribution is 5.33. The Morgan fingerprint density at radius 3 is 2.45 bits per heavy atom. The Hall–Kier alpha value is -1.14. The van der Waals surface area contributed by atoms with Crippen LogP contribution >= 0.6 is 0 Å². The monoisotopic (exact) mass is 282 g/mol. The van der Waals surface area contributed by atoms with Gasteiger partial charge < -0.3 is 25.2 Å². The van der Waals surface area contributed by atoms with Crippen molar-refractivity contribution in [2.24, 2.45) is 5.92 Å². The zero-order chi connectivity index (χ0) is 14.7. The van der Waals surface area contributed by atoms with Crippen molar-refractivity contribution in [3.63, 3.8) is 0 Å². The van der Waals surface area contributed by atoms with E-state index in [2.05, 4.69) is 0 Å². The largest absolute Gasteiger partial charge is 0.487 e. The first-order chi connectivity index (χ1) is 9.58. The third-order valence-corrected chi connectivity index (χ3v) is 3.97. The Morgan fingerprint density at radius 1 is 1.10 bits per heavy atom. The van der Waals surface area contributed by atoms with Gasteiger partial charge in [-0.1, -0.05) is 25.1 Å². The van der Waals surface area contributed by atoms with Crippen molar-refractivity contribution in [2.45, 2.75) is 44.2 Å². The topological polar surface area (TPSA) is 90.2 Å². The SMILES string of the molecule is CCc1ccccc1O[C@@H]1C[C@H](CO)[C@@H](O)[C@H](O)[C@H]1O. The summed E-state index contributed by atoms with van der Waals surface area (Å²) in [5.74, 6) is 0.173. The second-order valence-corrected chi connectivity index (χ2v) is 5.27. The molecule has 1 saturated carbocycles. The van der Waals surface area contributed by atoms with Crippen molar-refractivity contribution in [3.8, 4) is 5.75 Å². The summed E-state index contributed by atoms with van der Waals surface area (Å²) in [7, 11) is 0. The quantitative estimate of drug-likeness (QED) is 0.628. The van der Waals surface area contributed by atoms with Crippen molar-refractivity contribution < 1.29 is 25.2 Å². The molecule has 0 radical (unpaired) electrons. The summed E-state index contributed by atoms with van der Waals surface area (Å²) in [6, 6.07) is 7.52. The van der Waals surface area contributed by atoms with Crippen LogP contribution in [-0.2, 0) is 6.42 Å². The van der Waals surface area contributed by atoms with Crippen molar-refractivity contribution in [1.82, 2.24) is 0 Å². The van der Waals surface area contributed by atoms with E-state index in [0.29, 0.717) is 12.2 Å². The third kappa shape index (κ3) is 2.96. The van der Waals surface area contributed by atoms with Gasteiger partial charge in [-0.25, -0.2) is 0 Å². The average molecular weight is 282 g/mol. The molecule has 2 rings (SSSR count). The van der Waals surface area contributed by atoms with Crippen LogP contribution in [0.1, 0.15) is 18.9 Å². The molecule has 0 bridgehead atoms. The average Bonchev–Trinajstić information content (AvgIpc) is 2.48. The van der Waals surface area contributed by atoms with Gasteiger partial charge in [0.15, 0.2) is 0 Å². The summed E-state index contributed by atoms with van der Waals surface area (Å²) in [6.45, 7) is 1.76. The number of hydrogen-bond donors (Lipinski definition) is 4. The van der Waals surface area contributed by atoms with E-state index in [1.54, 1.807) is 0 Å². The molecule has 0 heterocycles. The molecule has 1 aliphatic rings. The second-order valence-electron chi connectivity index (χ2n) is 5.27. The van der Waals surface area contributed by atoms with Crippen LogP contribution < -0.4 is 4.74 Å². The van der Waals surface area contributed by atoms with Crippen LogP contribution in [0.4, 0.5) is 0 Å². The van der Waals surface area contributed by atoms with Crippen LogP contribution in [0.25, 0.3) is 0 Å². The molecule has 5 nitrogen and oxygen atoms in total. The summed E-state index contributed by atoms with van der Waals surface area (Å²) in [5, 5.41) is 38.9. The fourth-order valence-corrected chi connectivity index (χ4v) is 2.65. The number of aliphatic hydroxyl groups is 4. The fourth-order valence-electron chi connectivity index (χ4n) is 2.65. The Balaban J connectivity index is 2.15. The van der Waals surface area contributed by atoms with Gasteiger partial charge in [-0.05, 0) is 24.5 Å². The molecule has 0 aliphatic heterocycles. The van der Waals surface area contributed by atoms with Crippen LogP contribution in [0, 0.1) is 5.92 Å². The molecule has 5 atom stereocenters. The first-order valence-electron chi connectivity index (χ1n) is 6.98. The molecule has 1 aromatic rings. The molecule has 0 spiro atoms. The lowest BCUT2D eigenvalue weighted by Gasteiger charge is -2.39. The fraction of sp³-hybridized carbons (Fsp3) is 0.600. The highest BCUT2D eigenvalue weighted by Crippen LogP contribution is 2.30. The number of ether oxygens (including phenoxy) is 1. The lowest BCUT2D eigenvalue weighted by atomic mass is 9.81.